The molecule has 6 nitrogen and oxygen atoms in total. The molecule has 0 spiro atoms. The molecule has 0 aromatic carbocycles. The molecule has 0 amide bonds. The van der Waals surface area contributed by atoms with Crippen LogP contribution < -0.4 is 0 Å². The van der Waals surface area contributed by atoms with E-state index in [1.807, 2.05) is 0 Å². The van der Waals surface area contributed by atoms with Gasteiger partial charge >= 0.3 is 17.9 Å². The molecule has 0 rings (SSSR count). The van der Waals surface area contributed by atoms with Gasteiger partial charge in [0.25, 0.3) is 0 Å². The van der Waals surface area contributed by atoms with Crippen LogP contribution in [0.15, 0.2) is 60.8 Å². The van der Waals surface area contributed by atoms with Gasteiger partial charge in [-0.2, -0.15) is 0 Å². The van der Waals surface area contributed by atoms with E-state index in [0.717, 1.165) is 89.9 Å². The summed E-state index contributed by atoms with van der Waals surface area (Å²) in [5.74, 6) is -0.865. The van der Waals surface area contributed by atoms with Crippen molar-refractivity contribution in [3.8, 4) is 0 Å². The highest BCUT2D eigenvalue weighted by Gasteiger charge is 2.19. The maximum Gasteiger partial charge on any atom is 0.306 e. The van der Waals surface area contributed by atoms with E-state index in [2.05, 4.69) is 81.5 Å². The van der Waals surface area contributed by atoms with Crippen LogP contribution in [0.2, 0.25) is 0 Å². The van der Waals surface area contributed by atoms with Crippen molar-refractivity contribution >= 4 is 17.9 Å². The minimum absolute atomic E-state index is 0.0758. The number of ether oxygens (including phenoxy) is 3. The van der Waals surface area contributed by atoms with Crippen LogP contribution in [0.1, 0.15) is 387 Å². The summed E-state index contributed by atoms with van der Waals surface area (Å²) in [6.45, 7) is 6.67. The second-order valence-electron chi connectivity index (χ2n) is 24.5. The van der Waals surface area contributed by atoms with Crippen LogP contribution in [0, 0.1) is 0 Å². The molecule has 0 bridgehead atoms. The van der Waals surface area contributed by atoms with Gasteiger partial charge < -0.3 is 14.2 Å². The lowest BCUT2D eigenvalue weighted by Gasteiger charge is -2.18. The van der Waals surface area contributed by atoms with Crippen LogP contribution in [0.4, 0.5) is 0 Å². The lowest BCUT2D eigenvalue weighted by Crippen LogP contribution is -2.30. The minimum atomic E-state index is -0.781. The molecule has 0 saturated carbocycles. The lowest BCUT2D eigenvalue weighted by atomic mass is 10.0. The van der Waals surface area contributed by atoms with Gasteiger partial charge in [0.05, 0.1) is 0 Å². The molecule has 0 aliphatic heterocycles. The fourth-order valence-corrected chi connectivity index (χ4v) is 10.8. The molecule has 0 radical (unpaired) electrons. The normalized spacial score (nSPS) is 12.4. The third kappa shape index (κ3) is 67.9. The van der Waals surface area contributed by atoms with E-state index in [1.165, 1.54) is 257 Å². The topological polar surface area (TPSA) is 78.9 Å². The van der Waals surface area contributed by atoms with E-state index in [4.69, 9.17) is 14.2 Å². The van der Waals surface area contributed by atoms with Gasteiger partial charge in [-0.25, -0.2) is 0 Å². The highest BCUT2D eigenvalue weighted by Crippen LogP contribution is 2.18. The Balaban J connectivity index is 4.30. The van der Waals surface area contributed by atoms with Crippen molar-refractivity contribution in [3.63, 3.8) is 0 Å². The van der Waals surface area contributed by atoms with Crippen molar-refractivity contribution in [1.82, 2.24) is 0 Å². The van der Waals surface area contributed by atoms with E-state index in [1.54, 1.807) is 0 Å². The molecule has 6 heteroatoms. The van der Waals surface area contributed by atoms with Crippen LogP contribution in [0.25, 0.3) is 0 Å². The summed E-state index contributed by atoms with van der Waals surface area (Å²) in [6.07, 6.45) is 91.0. The Morgan fingerprint density at radius 2 is 0.439 bits per heavy atom. The van der Waals surface area contributed by atoms with Crippen molar-refractivity contribution in [2.45, 2.75) is 393 Å². The molecule has 478 valence electrons. The van der Waals surface area contributed by atoms with Crippen molar-refractivity contribution in [2.24, 2.45) is 0 Å². The van der Waals surface area contributed by atoms with Gasteiger partial charge in [0, 0.05) is 19.3 Å². The molecule has 0 aliphatic carbocycles. The maximum atomic E-state index is 13.0. The smallest absolute Gasteiger partial charge is 0.306 e. The number of carbonyl (C=O) groups is 3. The zero-order valence-electron chi connectivity index (χ0n) is 55.0. The third-order valence-electron chi connectivity index (χ3n) is 16.2. The van der Waals surface area contributed by atoms with E-state index >= 15 is 0 Å². The molecule has 0 aliphatic rings. The second kappa shape index (κ2) is 70.6. The molecule has 82 heavy (non-hydrogen) atoms. The SMILES string of the molecule is CCCCCC/C=C\C/C=C\CCCCCCCC(=O)OCC(COC(=O)CCCCCCCCCCCCCC/C=C\C/C=C\C/C=C\CCCCCCC)OC(=O)CCCCCCCCCCCCCCCCCCCCCCC. The zero-order valence-corrected chi connectivity index (χ0v) is 55.0. The molecular formula is C76H138O6. The zero-order chi connectivity index (χ0) is 59.2. The molecule has 1 atom stereocenters. The first kappa shape index (κ1) is 79.1. The van der Waals surface area contributed by atoms with Gasteiger partial charge in [0.2, 0.25) is 0 Å². The van der Waals surface area contributed by atoms with Gasteiger partial charge in [-0.05, 0) is 89.9 Å². The standard InChI is InChI=1S/C76H138O6/c1-4-7-10-13-16-19-22-25-28-31-33-35-36-37-38-39-40-42-43-45-48-51-54-57-60-63-66-69-75(78)81-72-73(71-80-74(77)68-65-62-59-56-53-50-47-30-27-24-21-18-15-12-9-6-3)82-76(79)70-67-64-61-58-55-52-49-46-44-41-34-32-29-26-23-20-17-14-11-8-5-2/h21-22,24-25,30-31,33,36-37,47,73H,4-20,23,26-29,32,34-35,38-46,48-72H2,1-3H3/b24-21-,25-22-,33-31-,37-36-,47-30-. The monoisotopic (exact) mass is 1150 g/mol. The predicted molar refractivity (Wildman–Crippen MR) is 358 cm³/mol. The maximum absolute atomic E-state index is 13.0. The number of carbonyl (C=O) groups excluding carboxylic acids is 3. The van der Waals surface area contributed by atoms with Crippen molar-refractivity contribution in [3.05, 3.63) is 60.8 Å². The van der Waals surface area contributed by atoms with Crippen LogP contribution >= 0.6 is 0 Å². The van der Waals surface area contributed by atoms with Crippen molar-refractivity contribution < 1.29 is 28.6 Å². The van der Waals surface area contributed by atoms with Crippen LogP contribution in [-0.4, -0.2) is 37.2 Å². The van der Waals surface area contributed by atoms with Gasteiger partial charge in [0.1, 0.15) is 13.2 Å². The third-order valence-corrected chi connectivity index (χ3v) is 16.2. The van der Waals surface area contributed by atoms with Crippen molar-refractivity contribution in [1.29, 1.82) is 0 Å². The fraction of sp³-hybridized carbons (Fsp3) is 0.829. The highest BCUT2D eigenvalue weighted by atomic mass is 16.6. The van der Waals surface area contributed by atoms with Gasteiger partial charge in [-0.3, -0.25) is 14.4 Å². The van der Waals surface area contributed by atoms with E-state index in [0.29, 0.717) is 19.3 Å². The van der Waals surface area contributed by atoms with Gasteiger partial charge in [-0.1, -0.05) is 338 Å². The molecule has 0 N–H and O–H groups in total. The average Bonchev–Trinajstić information content (AvgIpc) is 3.47. The Hall–Kier alpha value is -2.89. The van der Waals surface area contributed by atoms with Crippen molar-refractivity contribution in [2.75, 3.05) is 13.2 Å². The highest BCUT2D eigenvalue weighted by molar-refractivity contribution is 5.71. The van der Waals surface area contributed by atoms with E-state index < -0.39 is 6.10 Å². The van der Waals surface area contributed by atoms with E-state index in [9.17, 15) is 14.4 Å². The van der Waals surface area contributed by atoms with E-state index in [-0.39, 0.29) is 31.1 Å². The first-order valence-corrected chi connectivity index (χ1v) is 36.3. The summed E-state index contributed by atoms with van der Waals surface area (Å²) in [4.78, 5) is 38.5. The molecular weight excluding hydrogens is 1010 g/mol. The van der Waals surface area contributed by atoms with Crippen LogP contribution in [0.3, 0.4) is 0 Å². The average molecular weight is 1150 g/mol. The number of hydrogen-bond acceptors (Lipinski definition) is 6. The molecule has 0 aromatic rings. The Morgan fingerprint density at radius 1 is 0.244 bits per heavy atom. The number of hydrogen-bond donors (Lipinski definition) is 0. The first-order valence-electron chi connectivity index (χ1n) is 36.3. The van der Waals surface area contributed by atoms with Crippen LogP contribution in [-0.2, 0) is 28.6 Å². The summed E-state index contributed by atoms with van der Waals surface area (Å²) in [5.41, 5.74) is 0. The number of esters is 3. The fourth-order valence-electron chi connectivity index (χ4n) is 10.8. The quantitative estimate of drug-likeness (QED) is 0.0261. The van der Waals surface area contributed by atoms with Crippen LogP contribution in [0.5, 0.6) is 0 Å². The van der Waals surface area contributed by atoms with Gasteiger partial charge in [-0.15, -0.1) is 0 Å². The Morgan fingerprint density at radius 3 is 0.695 bits per heavy atom. The Bertz CT molecular complexity index is 1460. The summed E-state index contributed by atoms with van der Waals surface area (Å²) < 4.78 is 17.0. The summed E-state index contributed by atoms with van der Waals surface area (Å²) in [7, 11) is 0. The lowest BCUT2D eigenvalue weighted by molar-refractivity contribution is -0.167. The molecule has 0 heterocycles. The molecule has 0 aromatic heterocycles. The summed E-state index contributed by atoms with van der Waals surface area (Å²) >= 11 is 0. The number of allylic oxidation sites excluding steroid dienone is 10. The predicted octanol–water partition coefficient (Wildman–Crippen LogP) is 25.1. The molecule has 0 saturated heterocycles. The number of rotatable bonds is 67. The Labute approximate surface area is 510 Å². The molecule has 1 unspecified atom stereocenters. The summed E-state index contributed by atoms with van der Waals surface area (Å²) in [5, 5.41) is 0. The first-order chi connectivity index (χ1) is 40.5. The largest absolute Gasteiger partial charge is 0.462 e. The minimum Gasteiger partial charge on any atom is -0.462 e. The summed E-state index contributed by atoms with van der Waals surface area (Å²) in [6, 6.07) is 0. The Kier molecular flexibility index (Phi) is 68.1. The second-order valence-corrected chi connectivity index (χ2v) is 24.5. The molecule has 0 fully saturated rings. The number of unbranched alkanes of at least 4 members (excludes halogenated alkanes) is 46. The van der Waals surface area contributed by atoms with Gasteiger partial charge in [0.15, 0.2) is 6.10 Å².